The standard InChI is InChI=1S/C13H11BrFNO/c1-8-6-9(3-5-13(8)16)17-10-2-4-11(14)12(15)7-10/h2-7H,16H2,1H3. The topological polar surface area (TPSA) is 35.2 Å². The zero-order valence-electron chi connectivity index (χ0n) is 9.21. The molecule has 2 aromatic rings. The van der Waals surface area contributed by atoms with Gasteiger partial charge in [0.1, 0.15) is 17.3 Å². The van der Waals surface area contributed by atoms with Crippen LogP contribution in [0.3, 0.4) is 0 Å². The molecule has 0 bridgehead atoms. The average Bonchev–Trinajstić information content (AvgIpc) is 2.29. The molecule has 0 heterocycles. The molecule has 2 aromatic carbocycles. The van der Waals surface area contributed by atoms with Crippen LogP contribution in [0.25, 0.3) is 0 Å². The predicted octanol–water partition coefficient (Wildman–Crippen LogP) is 4.27. The maximum absolute atomic E-state index is 13.3. The molecule has 2 N–H and O–H groups in total. The Morgan fingerprint density at radius 3 is 2.41 bits per heavy atom. The number of nitrogens with two attached hydrogens (primary N) is 1. The van der Waals surface area contributed by atoms with E-state index in [1.807, 2.05) is 13.0 Å². The number of hydrogen-bond acceptors (Lipinski definition) is 2. The monoisotopic (exact) mass is 295 g/mol. The van der Waals surface area contributed by atoms with Gasteiger partial charge in [0, 0.05) is 11.8 Å². The molecule has 0 aliphatic carbocycles. The summed E-state index contributed by atoms with van der Waals surface area (Å²) in [7, 11) is 0. The van der Waals surface area contributed by atoms with Gasteiger partial charge in [0.25, 0.3) is 0 Å². The molecule has 88 valence electrons. The van der Waals surface area contributed by atoms with Gasteiger partial charge in [-0.05, 0) is 58.7 Å². The summed E-state index contributed by atoms with van der Waals surface area (Å²) in [5, 5.41) is 0. The Bertz CT molecular complexity index is 508. The van der Waals surface area contributed by atoms with Crippen LogP contribution in [0.2, 0.25) is 0 Å². The van der Waals surface area contributed by atoms with Gasteiger partial charge >= 0.3 is 0 Å². The van der Waals surface area contributed by atoms with Crippen molar-refractivity contribution in [3.63, 3.8) is 0 Å². The minimum atomic E-state index is -0.352. The van der Waals surface area contributed by atoms with Crippen LogP contribution in [0.5, 0.6) is 11.5 Å². The van der Waals surface area contributed by atoms with E-state index in [2.05, 4.69) is 15.9 Å². The minimum Gasteiger partial charge on any atom is -0.457 e. The summed E-state index contributed by atoms with van der Waals surface area (Å²) in [6.07, 6.45) is 0. The molecule has 0 radical (unpaired) electrons. The van der Waals surface area contributed by atoms with E-state index in [0.717, 1.165) is 5.56 Å². The number of aryl methyl sites for hydroxylation is 1. The lowest BCUT2D eigenvalue weighted by Gasteiger charge is -2.08. The fraction of sp³-hybridized carbons (Fsp3) is 0.0769. The van der Waals surface area contributed by atoms with E-state index >= 15 is 0 Å². The summed E-state index contributed by atoms with van der Waals surface area (Å²) in [5.41, 5.74) is 7.34. The van der Waals surface area contributed by atoms with Gasteiger partial charge in [-0.25, -0.2) is 4.39 Å². The lowest BCUT2D eigenvalue weighted by atomic mass is 10.2. The predicted molar refractivity (Wildman–Crippen MR) is 69.8 cm³/mol. The normalized spacial score (nSPS) is 10.3. The summed E-state index contributed by atoms with van der Waals surface area (Å²) in [4.78, 5) is 0. The molecule has 0 aliphatic rings. The number of ether oxygens (including phenoxy) is 1. The first-order valence-corrected chi connectivity index (χ1v) is 5.84. The van der Waals surface area contributed by atoms with E-state index in [0.29, 0.717) is 21.7 Å². The number of nitrogen functional groups attached to an aromatic ring is 1. The molecule has 0 fully saturated rings. The van der Waals surface area contributed by atoms with E-state index in [4.69, 9.17) is 10.5 Å². The number of anilines is 1. The molecule has 2 nitrogen and oxygen atoms in total. The lowest BCUT2D eigenvalue weighted by molar-refractivity contribution is 0.476. The van der Waals surface area contributed by atoms with Crippen LogP contribution in [0.4, 0.5) is 10.1 Å². The Morgan fingerprint density at radius 1 is 1.12 bits per heavy atom. The van der Waals surface area contributed by atoms with Crippen LogP contribution in [0.15, 0.2) is 40.9 Å². The first kappa shape index (κ1) is 11.9. The van der Waals surface area contributed by atoms with Crippen molar-refractivity contribution in [1.29, 1.82) is 0 Å². The fourth-order valence-corrected chi connectivity index (χ4v) is 1.63. The fourth-order valence-electron chi connectivity index (χ4n) is 1.39. The van der Waals surface area contributed by atoms with Gasteiger partial charge in [0.05, 0.1) is 4.47 Å². The summed E-state index contributed by atoms with van der Waals surface area (Å²) in [5.74, 6) is 0.739. The maximum Gasteiger partial charge on any atom is 0.141 e. The van der Waals surface area contributed by atoms with Gasteiger partial charge in [-0.3, -0.25) is 0 Å². The van der Waals surface area contributed by atoms with E-state index in [-0.39, 0.29) is 5.82 Å². The van der Waals surface area contributed by atoms with Crippen molar-refractivity contribution in [1.82, 2.24) is 0 Å². The highest BCUT2D eigenvalue weighted by Gasteiger charge is 2.03. The van der Waals surface area contributed by atoms with Gasteiger partial charge in [-0.15, -0.1) is 0 Å². The minimum absolute atomic E-state index is 0.352. The summed E-state index contributed by atoms with van der Waals surface area (Å²) in [6, 6.07) is 9.96. The highest BCUT2D eigenvalue weighted by Crippen LogP contribution is 2.27. The highest BCUT2D eigenvalue weighted by molar-refractivity contribution is 9.10. The quantitative estimate of drug-likeness (QED) is 0.840. The third-order valence-electron chi connectivity index (χ3n) is 2.37. The molecule has 0 amide bonds. The summed E-state index contributed by atoms with van der Waals surface area (Å²) in [6.45, 7) is 1.89. The first-order valence-electron chi connectivity index (χ1n) is 5.05. The van der Waals surface area contributed by atoms with Crippen molar-refractivity contribution in [3.8, 4) is 11.5 Å². The zero-order chi connectivity index (χ0) is 12.4. The van der Waals surface area contributed by atoms with Crippen LogP contribution in [0.1, 0.15) is 5.56 Å². The summed E-state index contributed by atoms with van der Waals surface area (Å²) >= 11 is 3.09. The molecule has 0 unspecified atom stereocenters. The largest absolute Gasteiger partial charge is 0.457 e. The Hall–Kier alpha value is -1.55. The zero-order valence-corrected chi connectivity index (χ0v) is 10.8. The second kappa shape index (κ2) is 4.75. The molecule has 0 aromatic heterocycles. The van der Waals surface area contributed by atoms with Crippen LogP contribution >= 0.6 is 15.9 Å². The van der Waals surface area contributed by atoms with Crippen LogP contribution in [0, 0.1) is 12.7 Å². The smallest absolute Gasteiger partial charge is 0.141 e. The number of rotatable bonds is 2. The molecule has 4 heteroatoms. The number of benzene rings is 2. The third-order valence-corrected chi connectivity index (χ3v) is 3.01. The second-order valence-electron chi connectivity index (χ2n) is 3.70. The van der Waals surface area contributed by atoms with Gasteiger partial charge in [0.15, 0.2) is 0 Å². The Morgan fingerprint density at radius 2 is 1.76 bits per heavy atom. The summed E-state index contributed by atoms with van der Waals surface area (Å²) < 4.78 is 19.2. The number of halogens is 2. The maximum atomic E-state index is 13.3. The molecular weight excluding hydrogens is 285 g/mol. The van der Waals surface area contributed by atoms with Crippen LogP contribution in [-0.2, 0) is 0 Å². The van der Waals surface area contributed by atoms with E-state index < -0.39 is 0 Å². The molecule has 17 heavy (non-hydrogen) atoms. The molecule has 0 aliphatic heterocycles. The third kappa shape index (κ3) is 2.77. The van der Waals surface area contributed by atoms with Gasteiger partial charge in [-0.1, -0.05) is 0 Å². The lowest BCUT2D eigenvalue weighted by Crippen LogP contribution is -1.91. The Balaban J connectivity index is 2.25. The van der Waals surface area contributed by atoms with E-state index in [1.54, 1.807) is 24.3 Å². The van der Waals surface area contributed by atoms with Crippen molar-refractivity contribution in [3.05, 3.63) is 52.3 Å². The average molecular weight is 296 g/mol. The molecule has 0 saturated heterocycles. The van der Waals surface area contributed by atoms with E-state index in [1.165, 1.54) is 6.07 Å². The van der Waals surface area contributed by atoms with Crippen molar-refractivity contribution < 1.29 is 9.13 Å². The molecular formula is C13H11BrFNO. The van der Waals surface area contributed by atoms with Crippen molar-refractivity contribution in [2.45, 2.75) is 6.92 Å². The Labute approximate surface area is 107 Å². The molecule has 0 spiro atoms. The molecule has 2 rings (SSSR count). The number of hydrogen-bond donors (Lipinski definition) is 1. The van der Waals surface area contributed by atoms with Gasteiger partial charge < -0.3 is 10.5 Å². The van der Waals surface area contributed by atoms with Gasteiger partial charge in [0.2, 0.25) is 0 Å². The van der Waals surface area contributed by atoms with Crippen LogP contribution in [-0.4, -0.2) is 0 Å². The van der Waals surface area contributed by atoms with Crippen molar-refractivity contribution >= 4 is 21.6 Å². The van der Waals surface area contributed by atoms with Crippen LogP contribution < -0.4 is 10.5 Å². The second-order valence-corrected chi connectivity index (χ2v) is 4.55. The SMILES string of the molecule is Cc1cc(Oc2ccc(Br)c(F)c2)ccc1N. The van der Waals surface area contributed by atoms with Gasteiger partial charge in [-0.2, -0.15) is 0 Å². The van der Waals surface area contributed by atoms with Crippen molar-refractivity contribution in [2.24, 2.45) is 0 Å². The first-order chi connectivity index (χ1) is 8.06. The van der Waals surface area contributed by atoms with Crippen molar-refractivity contribution in [2.75, 3.05) is 5.73 Å². The van der Waals surface area contributed by atoms with E-state index in [9.17, 15) is 4.39 Å². The molecule has 0 atom stereocenters. The Kier molecular flexibility index (Phi) is 3.33. The highest BCUT2D eigenvalue weighted by atomic mass is 79.9. The molecule has 0 saturated carbocycles.